The van der Waals surface area contributed by atoms with Gasteiger partial charge in [0, 0.05) is 0 Å². The smallest absolute Gasteiger partial charge is 0.192 e. The van der Waals surface area contributed by atoms with Crippen LogP contribution >= 0.6 is 0 Å². The van der Waals surface area contributed by atoms with E-state index in [0.717, 1.165) is 25.2 Å². The normalized spacial score (nSPS) is 28.7. The first-order valence-corrected chi connectivity index (χ1v) is 28.0. The maximum absolute atomic E-state index is 7.07. The molecule has 3 nitrogen and oxygen atoms in total. The van der Waals surface area contributed by atoms with Crippen LogP contribution in [-0.4, -0.2) is 42.8 Å². The highest BCUT2D eigenvalue weighted by Gasteiger charge is 2.44. The Balaban J connectivity index is 1.67. The van der Waals surface area contributed by atoms with Crippen LogP contribution in [0.4, 0.5) is 0 Å². The summed E-state index contributed by atoms with van der Waals surface area (Å²) in [7, 11) is -5.21. The first-order chi connectivity index (χ1) is 20.3. The molecule has 0 heterocycles. The molecule has 4 atom stereocenters. The molecular formula is C39H76O3Si3. The summed E-state index contributed by atoms with van der Waals surface area (Å²) in [5.41, 5.74) is 3.84. The maximum Gasteiger partial charge on any atom is 0.192 e. The average Bonchev–Trinajstić information content (AvgIpc) is 3.20. The zero-order valence-electron chi connectivity index (χ0n) is 32.8. The molecule has 0 bridgehead atoms. The SMILES string of the molecule is CC(C)(CCC[C@H]1CC[C@@]2(CCCC(=CC=C3C[C@@H](O[Si](C)(C)C(C)(C)C)C[C@H](O[Si](C)(C)C(C)(C)C)C3)C2)C1)O[Si](C)(C)C. The van der Waals surface area contributed by atoms with Gasteiger partial charge in [0.15, 0.2) is 25.0 Å². The van der Waals surface area contributed by atoms with Gasteiger partial charge in [0.2, 0.25) is 0 Å². The fraction of sp³-hybridized carbons (Fsp3) is 0.897. The Labute approximate surface area is 284 Å². The Hall–Kier alpha value is 0.0106. The van der Waals surface area contributed by atoms with Crippen LogP contribution in [0.5, 0.6) is 0 Å². The monoisotopic (exact) mass is 677 g/mol. The molecule has 6 heteroatoms. The Morgan fingerprint density at radius 2 is 1.29 bits per heavy atom. The lowest BCUT2D eigenvalue weighted by atomic mass is 9.70. The summed E-state index contributed by atoms with van der Waals surface area (Å²) in [6.07, 6.45) is 22.4. The van der Waals surface area contributed by atoms with Gasteiger partial charge in [0.1, 0.15) is 0 Å². The third-order valence-electron chi connectivity index (χ3n) is 12.2. The molecule has 3 aliphatic rings. The lowest BCUT2D eigenvalue weighted by Gasteiger charge is -2.45. The predicted molar refractivity (Wildman–Crippen MR) is 205 cm³/mol. The summed E-state index contributed by atoms with van der Waals surface area (Å²) in [5.74, 6) is 0.908. The zero-order chi connectivity index (χ0) is 34.1. The van der Waals surface area contributed by atoms with Gasteiger partial charge in [0.25, 0.3) is 0 Å². The second kappa shape index (κ2) is 14.5. The van der Waals surface area contributed by atoms with Crippen LogP contribution in [-0.2, 0) is 13.3 Å². The van der Waals surface area contributed by atoms with E-state index in [1.54, 1.807) is 11.1 Å². The largest absolute Gasteiger partial charge is 0.414 e. The standard InChI is InChI=1S/C39H76O3Si3/c1-36(2,3)44(12,13)40-34-26-33(27-35(28-34)41-45(14,15)37(4,5)6)21-20-31-19-17-24-39(29-31)25-22-32(30-39)18-16-23-38(7,8)42-43(9,10)11/h20-21,32,34-35H,16-19,22-30H2,1-15H3/t32-,34+,35+,39+/m0/s1. The fourth-order valence-corrected chi connectivity index (χ4v) is 12.5. The van der Waals surface area contributed by atoms with Crippen LogP contribution in [0.1, 0.15) is 139 Å². The molecule has 0 aromatic carbocycles. The van der Waals surface area contributed by atoms with Gasteiger partial charge in [-0.25, -0.2) is 0 Å². The predicted octanol–water partition coefficient (Wildman–Crippen LogP) is 13.0. The van der Waals surface area contributed by atoms with E-state index in [4.69, 9.17) is 13.3 Å². The Kier molecular flexibility index (Phi) is 12.7. The average molecular weight is 677 g/mol. The lowest BCUT2D eigenvalue weighted by molar-refractivity contribution is 0.0725. The van der Waals surface area contributed by atoms with Gasteiger partial charge in [-0.3, -0.25) is 0 Å². The van der Waals surface area contributed by atoms with Crippen LogP contribution in [0.3, 0.4) is 0 Å². The molecule has 0 saturated heterocycles. The van der Waals surface area contributed by atoms with E-state index >= 15 is 0 Å². The van der Waals surface area contributed by atoms with Crippen molar-refractivity contribution in [3.8, 4) is 0 Å². The Morgan fingerprint density at radius 1 is 0.756 bits per heavy atom. The van der Waals surface area contributed by atoms with Crippen molar-refractivity contribution in [2.45, 2.75) is 213 Å². The molecule has 0 amide bonds. The van der Waals surface area contributed by atoms with E-state index in [1.807, 2.05) is 0 Å². The first kappa shape index (κ1) is 39.4. The molecule has 0 N–H and O–H groups in total. The van der Waals surface area contributed by atoms with Gasteiger partial charge in [-0.2, -0.15) is 0 Å². The summed E-state index contributed by atoms with van der Waals surface area (Å²) >= 11 is 0. The summed E-state index contributed by atoms with van der Waals surface area (Å²) in [4.78, 5) is 0. The molecule has 0 aromatic rings. The Morgan fingerprint density at radius 3 is 1.80 bits per heavy atom. The molecule has 3 rings (SSSR count). The summed E-state index contributed by atoms with van der Waals surface area (Å²) in [6, 6.07) is 0. The molecule has 0 radical (unpaired) electrons. The molecule has 0 unspecified atom stereocenters. The van der Waals surface area contributed by atoms with Gasteiger partial charge in [-0.15, -0.1) is 0 Å². The van der Waals surface area contributed by atoms with Crippen LogP contribution in [0.15, 0.2) is 23.3 Å². The zero-order valence-corrected chi connectivity index (χ0v) is 35.8. The van der Waals surface area contributed by atoms with Crippen LogP contribution in [0.25, 0.3) is 0 Å². The van der Waals surface area contributed by atoms with Crippen LogP contribution in [0.2, 0.25) is 55.9 Å². The number of rotatable bonds is 11. The molecular weight excluding hydrogens is 601 g/mol. The van der Waals surface area contributed by atoms with Gasteiger partial charge in [0.05, 0.1) is 17.8 Å². The second-order valence-corrected chi connectivity index (χ2v) is 34.2. The minimum atomic E-state index is -1.85. The van der Waals surface area contributed by atoms with Crippen molar-refractivity contribution in [1.82, 2.24) is 0 Å². The van der Waals surface area contributed by atoms with Crippen LogP contribution < -0.4 is 0 Å². The molecule has 45 heavy (non-hydrogen) atoms. The molecule has 0 aliphatic heterocycles. The molecule has 262 valence electrons. The topological polar surface area (TPSA) is 27.7 Å². The minimum absolute atomic E-state index is 0.0254. The van der Waals surface area contributed by atoms with E-state index in [0.29, 0.717) is 5.41 Å². The van der Waals surface area contributed by atoms with Crippen molar-refractivity contribution in [2.24, 2.45) is 11.3 Å². The van der Waals surface area contributed by atoms with Crippen molar-refractivity contribution in [3.05, 3.63) is 23.3 Å². The molecule has 3 fully saturated rings. The van der Waals surface area contributed by atoms with Crippen molar-refractivity contribution in [3.63, 3.8) is 0 Å². The van der Waals surface area contributed by atoms with Gasteiger partial charge >= 0.3 is 0 Å². The van der Waals surface area contributed by atoms with E-state index in [9.17, 15) is 0 Å². The highest BCUT2D eigenvalue weighted by Crippen LogP contribution is 2.54. The van der Waals surface area contributed by atoms with Crippen molar-refractivity contribution >= 4 is 25.0 Å². The Bertz CT molecular complexity index is 999. The maximum atomic E-state index is 7.07. The number of hydrogen-bond acceptors (Lipinski definition) is 3. The second-order valence-electron chi connectivity index (χ2n) is 20.3. The minimum Gasteiger partial charge on any atom is -0.414 e. The number of allylic oxidation sites excluding steroid dienone is 3. The lowest BCUT2D eigenvalue weighted by Crippen LogP contribution is -2.48. The third kappa shape index (κ3) is 11.8. The molecule has 1 spiro atoms. The molecule has 3 aliphatic carbocycles. The van der Waals surface area contributed by atoms with E-state index < -0.39 is 25.0 Å². The highest BCUT2D eigenvalue weighted by atomic mass is 28.4. The molecule has 3 saturated carbocycles. The van der Waals surface area contributed by atoms with Crippen molar-refractivity contribution in [2.75, 3.05) is 0 Å². The van der Waals surface area contributed by atoms with E-state index in [2.05, 4.69) is 113 Å². The molecule has 0 aromatic heterocycles. The first-order valence-electron chi connectivity index (χ1n) is 18.7. The van der Waals surface area contributed by atoms with E-state index in [-0.39, 0.29) is 27.9 Å². The van der Waals surface area contributed by atoms with E-state index in [1.165, 1.54) is 64.2 Å². The van der Waals surface area contributed by atoms with Gasteiger partial charge < -0.3 is 13.3 Å². The number of hydrogen-bond donors (Lipinski definition) is 0. The van der Waals surface area contributed by atoms with Crippen molar-refractivity contribution in [1.29, 1.82) is 0 Å². The quantitative estimate of drug-likeness (QED) is 0.204. The highest BCUT2D eigenvalue weighted by molar-refractivity contribution is 6.74. The summed E-state index contributed by atoms with van der Waals surface area (Å²) in [6.45, 7) is 35.4. The van der Waals surface area contributed by atoms with Gasteiger partial charge in [-0.1, -0.05) is 77.7 Å². The summed E-state index contributed by atoms with van der Waals surface area (Å²) < 4.78 is 20.6. The summed E-state index contributed by atoms with van der Waals surface area (Å²) in [5, 5.41) is 0.444. The van der Waals surface area contributed by atoms with Crippen molar-refractivity contribution < 1.29 is 13.3 Å². The van der Waals surface area contributed by atoms with Crippen LogP contribution in [0, 0.1) is 11.3 Å². The van der Waals surface area contributed by atoms with Gasteiger partial charge in [-0.05, 0) is 152 Å². The third-order valence-corrected chi connectivity index (χ3v) is 22.4. The fourth-order valence-electron chi connectivity index (χ4n) is 8.01.